The first-order valence-corrected chi connectivity index (χ1v) is 5.89. The van der Waals surface area contributed by atoms with E-state index in [1.54, 1.807) is 6.92 Å². The van der Waals surface area contributed by atoms with E-state index in [1.807, 2.05) is 25.1 Å². The van der Waals surface area contributed by atoms with Crippen molar-refractivity contribution in [2.24, 2.45) is 0 Å². The molecule has 18 heavy (non-hydrogen) atoms. The average Bonchev–Trinajstić information content (AvgIpc) is 2.74. The monoisotopic (exact) mass is 243 g/mol. The van der Waals surface area contributed by atoms with Crippen molar-refractivity contribution < 1.29 is 9.53 Å². The highest BCUT2D eigenvalue weighted by atomic mass is 16.5. The van der Waals surface area contributed by atoms with E-state index in [0.717, 1.165) is 22.3 Å². The number of aryl methyl sites for hydroxylation is 1. The van der Waals surface area contributed by atoms with Crippen LogP contribution in [0.5, 0.6) is 0 Å². The van der Waals surface area contributed by atoms with Gasteiger partial charge in [-0.25, -0.2) is 4.79 Å². The van der Waals surface area contributed by atoms with Gasteiger partial charge in [-0.1, -0.05) is 18.2 Å². The lowest BCUT2D eigenvalue weighted by molar-refractivity contribution is -0.135. The Labute approximate surface area is 106 Å². The number of carbonyl (C=O) groups is 1. The van der Waals surface area contributed by atoms with Crippen LogP contribution >= 0.6 is 0 Å². The summed E-state index contributed by atoms with van der Waals surface area (Å²) >= 11 is 0. The third kappa shape index (κ3) is 1.92. The van der Waals surface area contributed by atoms with Gasteiger partial charge in [0.25, 0.3) is 0 Å². The molecule has 0 unspecified atom stereocenters. The predicted molar refractivity (Wildman–Crippen MR) is 73.3 cm³/mol. The number of carbonyl (C=O) groups excluding carboxylic acids is 1. The standard InChI is InChI=1S/C15H17NO2/c1-9(10(2)15(17)18-4)14-11(3)12-7-5-6-8-13(12)16-14/h5-8,16H,1-4H3/b10-9+. The number of hydrogen-bond acceptors (Lipinski definition) is 2. The molecule has 0 saturated heterocycles. The van der Waals surface area contributed by atoms with E-state index in [1.165, 1.54) is 12.5 Å². The first kappa shape index (κ1) is 12.4. The normalized spacial score (nSPS) is 12.4. The zero-order chi connectivity index (χ0) is 13.3. The maximum Gasteiger partial charge on any atom is 0.333 e. The number of hydrogen-bond donors (Lipinski definition) is 1. The lowest BCUT2D eigenvalue weighted by Gasteiger charge is -2.05. The van der Waals surface area contributed by atoms with Crippen molar-refractivity contribution in [3.05, 3.63) is 41.1 Å². The number of H-pyrrole nitrogens is 1. The van der Waals surface area contributed by atoms with Crippen molar-refractivity contribution in [1.29, 1.82) is 0 Å². The van der Waals surface area contributed by atoms with Gasteiger partial charge in [0.15, 0.2) is 0 Å². The van der Waals surface area contributed by atoms with Gasteiger partial charge in [0, 0.05) is 22.2 Å². The highest BCUT2D eigenvalue weighted by Crippen LogP contribution is 2.28. The van der Waals surface area contributed by atoms with Crippen LogP contribution in [0.2, 0.25) is 0 Å². The summed E-state index contributed by atoms with van der Waals surface area (Å²) in [7, 11) is 1.40. The maximum absolute atomic E-state index is 11.6. The van der Waals surface area contributed by atoms with E-state index < -0.39 is 0 Å². The molecule has 0 radical (unpaired) electrons. The summed E-state index contributed by atoms with van der Waals surface area (Å²) in [6.07, 6.45) is 0. The van der Waals surface area contributed by atoms with Gasteiger partial charge >= 0.3 is 5.97 Å². The van der Waals surface area contributed by atoms with Crippen LogP contribution in [-0.4, -0.2) is 18.1 Å². The van der Waals surface area contributed by atoms with Gasteiger partial charge in [-0.15, -0.1) is 0 Å². The zero-order valence-corrected chi connectivity index (χ0v) is 11.1. The summed E-state index contributed by atoms with van der Waals surface area (Å²) in [5.41, 5.74) is 4.80. The molecule has 0 amide bonds. The molecule has 1 N–H and O–H groups in total. The molecule has 0 saturated carbocycles. The molecule has 0 atom stereocenters. The molecule has 0 aliphatic rings. The minimum Gasteiger partial charge on any atom is -0.466 e. The first-order valence-electron chi connectivity index (χ1n) is 5.89. The van der Waals surface area contributed by atoms with Gasteiger partial charge in [0.1, 0.15) is 0 Å². The number of esters is 1. The fourth-order valence-corrected chi connectivity index (χ4v) is 2.15. The Morgan fingerprint density at radius 1 is 1.22 bits per heavy atom. The molecule has 1 aromatic carbocycles. The fraction of sp³-hybridized carbons (Fsp3) is 0.267. The van der Waals surface area contributed by atoms with Crippen LogP contribution in [0.3, 0.4) is 0 Å². The third-order valence-electron chi connectivity index (χ3n) is 3.39. The smallest absolute Gasteiger partial charge is 0.333 e. The summed E-state index contributed by atoms with van der Waals surface area (Å²) in [6, 6.07) is 8.12. The van der Waals surface area contributed by atoms with E-state index in [9.17, 15) is 4.79 Å². The second-order valence-electron chi connectivity index (χ2n) is 4.41. The Bertz CT molecular complexity index is 635. The van der Waals surface area contributed by atoms with Crippen LogP contribution in [-0.2, 0) is 9.53 Å². The van der Waals surface area contributed by atoms with Crippen molar-refractivity contribution in [2.45, 2.75) is 20.8 Å². The number of allylic oxidation sites excluding steroid dienone is 1. The topological polar surface area (TPSA) is 42.1 Å². The van der Waals surface area contributed by atoms with Crippen molar-refractivity contribution in [3.8, 4) is 0 Å². The van der Waals surface area contributed by atoms with Gasteiger partial charge in [-0.3, -0.25) is 0 Å². The van der Waals surface area contributed by atoms with Crippen LogP contribution in [0.1, 0.15) is 25.1 Å². The fourth-order valence-electron chi connectivity index (χ4n) is 2.15. The number of nitrogens with one attached hydrogen (secondary N) is 1. The number of benzene rings is 1. The van der Waals surface area contributed by atoms with Crippen LogP contribution < -0.4 is 0 Å². The lowest BCUT2D eigenvalue weighted by atomic mass is 10.0. The molecule has 0 aliphatic carbocycles. The molecule has 3 nitrogen and oxygen atoms in total. The number of rotatable bonds is 2. The molecule has 0 bridgehead atoms. The SMILES string of the molecule is COC(=O)/C(C)=C(\C)c1[nH]c2ccccc2c1C. The minimum atomic E-state index is -0.287. The number of aromatic amines is 1. The third-order valence-corrected chi connectivity index (χ3v) is 3.39. The molecule has 94 valence electrons. The molecule has 0 aliphatic heterocycles. The van der Waals surface area contributed by atoms with Crippen molar-refractivity contribution in [3.63, 3.8) is 0 Å². The molecule has 0 fully saturated rings. The van der Waals surface area contributed by atoms with Gasteiger partial charge < -0.3 is 9.72 Å². The molecule has 3 heteroatoms. The van der Waals surface area contributed by atoms with E-state index in [4.69, 9.17) is 4.74 Å². The quantitative estimate of drug-likeness (QED) is 0.648. The molecular weight excluding hydrogens is 226 g/mol. The van der Waals surface area contributed by atoms with Crippen LogP contribution in [0.4, 0.5) is 0 Å². The number of methoxy groups -OCH3 is 1. The van der Waals surface area contributed by atoms with Gasteiger partial charge in [-0.2, -0.15) is 0 Å². The molecule has 0 spiro atoms. The van der Waals surface area contributed by atoms with Crippen molar-refractivity contribution in [1.82, 2.24) is 4.98 Å². The first-order chi connectivity index (χ1) is 8.56. The number of para-hydroxylation sites is 1. The number of ether oxygens (including phenoxy) is 1. The van der Waals surface area contributed by atoms with Crippen molar-refractivity contribution in [2.75, 3.05) is 7.11 Å². The predicted octanol–water partition coefficient (Wildman–Crippen LogP) is 3.44. The highest BCUT2D eigenvalue weighted by molar-refractivity contribution is 5.98. The summed E-state index contributed by atoms with van der Waals surface area (Å²) < 4.78 is 4.76. The van der Waals surface area contributed by atoms with Gasteiger partial charge in [0.2, 0.25) is 0 Å². The molecular formula is C15H17NO2. The van der Waals surface area contributed by atoms with Crippen molar-refractivity contribution >= 4 is 22.4 Å². The molecule has 2 aromatic rings. The number of aromatic nitrogens is 1. The van der Waals surface area contributed by atoms with E-state index in [0.29, 0.717) is 5.57 Å². The van der Waals surface area contributed by atoms with E-state index >= 15 is 0 Å². The Morgan fingerprint density at radius 3 is 2.50 bits per heavy atom. The maximum atomic E-state index is 11.6. The highest BCUT2D eigenvalue weighted by Gasteiger charge is 2.14. The Balaban J connectivity index is 2.61. The minimum absolute atomic E-state index is 0.287. The second-order valence-corrected chi connectivity index (χ2v) is 4.41. The van der Waals surface area contributed by atoms with Gasteiger partial charge in [0.05, 0.1) is 7.11 Å². The molecule has 1 aromatic heterocycles. The Kier molecular flexibility index (Phi) is 3.24. The molecule has 2 rings (SSSR count). The van der Waals surface area contributed by atoms with Crippen LogP contribution in [0.25, 0.3) is 16.5 Å². The zero-order valence-electron chi connectivity index (χ0n) is 11.1. The number of fused-ring (bicyclic) bond motifs is 1. The molecule has 1 heterocycles. The summed E-state index contributed by atoms with van der Waals surface area (Å²) in [5.74, 6) is -0.287. The largest absolute Gasteiger partial charge is 0.466 e. The Hall–Kier alpha value is -2.03. The van der Waals surface area contributed by atoms with Gasteiger partial charge in [-0.05, 0) is 38.0 Å². The van der Waals surface area contributed by atoms with E-state index in [2.05, 4.69) is 18.0 Å². The summed E-state index contributed by atoms with van der Waals surface area (Å²) in [5, 5.41) is 1.18. The van der Waals surface area contributed by atoms with Crippen LogP contribution in [0.15, 0.2) is 29.8 Å². The van der Waals surface area contributed by atoms with E-state index in [-0.39, 0.29) is 5.97 Å². The second kappa shape index (κ2) is 4.69. The summed E-state index contributed by atoms with van der Waals surface area (Å²) in [6.45, 7) is 5.78. The van der Waals surface area contributed by atoms with Crippen LogP contribution in [0, 0.1) is 6.92 Å². The Morgan fingerprint density at radius 2 is 1.89 bits per heavy atom. The summed E-state index contributed by atoms with van der Waals surface area (Å²) in [4.78, 5) is 14.9. The lowest BCUT2D eigenvalue weighted by Crippen LogP contribution is -2.04. The average molecular weight is 243 g/mol.